The Hall–Kier alpha value is -0.461. The zero-order chi connectivity index (χ0) is 36.9. The molecule has 5 heteroatoms. The summed E-state index contributed by atoms with van der Waals surface area (Å²) in [6, 6.07) is 4.96. The maximum absolute atomic E-state index is 7.12. The molecule has 0 aliphatic heterocycles. The summed E-state index contributed by atoms with van der Waals surface area (Å²) in [7, 11) is 0. The maximum atomic E-state index is 7.12. The van der Waals surface area contributed by atoms with E-state index in [1.807, 2.05) is 22.7 Å². The summed E-state index contributed by atoms with van der Waals surface area (Å²) in [4.78, 5) is 9.05. The van der Waals surface area contributed by atoms with Crippen LogP contribution >= 0.6 is 22.7 Å². The van der Waals surface area contributed by atoms with Crippen LogP contribution < -0.4 is 12.4 Å². The van der Waals surface area contributed by atoms with Crippen molar-refractivity contribution in [3.05, 3.63) is 17.0 Å². The molecule has 2 aromatic heterocycles. The summed E-state index contributed by atoms with van der Waals surface area (Å²) < 4.78 is 18.6. The zero-order valence-corrected chi connectivity index (χ0v) is 39.3. The van der Waals surface area contributed by atoms with Crippen LogP contribution in [-0.2, 0) is 0 Å². The van der Waals surface area contributed by atoms with Crippen molar-refractivity contribution >= 4 is 64.1 Å². The Kier molecular flexibility index (Phi) is 22.5. The number of aryl methyl sites for hydroxylation is 1. The van der Waals surface area contributed by atoms with Gasteiger partial charge in [-0.1, -0.05) is 53.4 Å². The van der Waals surface area contributed by atoms with Gasteiger partial charge in [0.25, 0.3) is 0 Å². The quantitative estimate of drug-likeness (QED) is 0.0474. The minimum absolute atomic E-state index is 0.644. The molecule has 51 heavy (non-hydrogen) atoms. The Bertz CT molecular complexity index is 1240. The SMILES string of the molecule is CCCCCCCCC(CCCCCC)COc1c2c[c]([Sn]([CH3])([CH3])[CH3])sc2c(OCC(CCCCCC)CCCCCCCC)c2cc(C)sc12. The molecule has 0 N–H and O–H groups in total. The summed E-state index contributed by atoms with van der Waals surface area (Å²) in [6.07, 6.45) is 32.4. The summed E-state index contributed by atoms with van der Waals surface area (Å²) >= 11 is 1.62. The van der Waals surface area contributed by atoms with E-state index in [4.69, 9.17) is 9.47 Å². The van der Waals surface area contributed by atoms with Gasteiger partial charge in [-0.15, -0.1) is 0 Å². The van der Waals surface area contributed by atoms with Crippen molar-refractivity contribution in [2.24, 2.45) is 11.8 Å². The first-order chi connectivity index (χ1) is 24.7. The van der Waals surface area contributed by atoms with Gasteiger partial charge in [-0.2, -0.15) is 0 Å². The van der Waals surface area contributed by atoms with Crippen LogP contribution in [0.25, 0.3) is 20.2 Å². The van der Waals surface area contributed by atoms with Crippen LogP contribution in [0.3, 0.4) is 0 Å². The third-order valence-corrected chi connectivity index (χ3v) is 22.6. The van der Waals surface area contributed by atoms with Gasteiger partial charge in [0.05, 0.1) is 0 Å². The predicted octanol–water partition coefficient (Wildman–Crippen LogP) is 16.4. The van der Waals surface area contributed by atoms with Crippen molar-refractivity contribution in [2.75, 3.05) is 13.2 Å². The first kappa shape index (κ1) is 44.9. The minimum atomic E-state index is -2.34. The third kappa shape index (κ3) is 16.0. The second-order valence-electron chi connectivity index (χ2n) is 17.0. The van der Waals surface area contributed by atoms with Gasteiger partial charge in [-0.3, -0.25) is 0 Å². The van der Waals surface area contributed by atoms with E-state index in [1.54, 1.807) is 2.89 Å². The van der Waals surface area contributed by atoms with Crippen molar-refractivity contribution in [2.45, 2.75) is 204 Å². The average molecular weight is 848 g/mol. The molecule has 2 nitrogen and oxygen atoms in total. The van der Waals surface area contributed by atoms with Crippen molar-refractivity contribution < 1.29 is 9.47 Å². The molecular weight excluding hydrogens is 767 g/mol. The first-order valence-electron chi connectivity index (χ1n) is 22.0. The molecule has 0 saturated carbocycles. The van der Waals surface area contributed by atoms with Crippen LogP contribution in [0, 0.1) is 18.8 Å². The summed E-state index contributed by atoms with van der Waals surface area (Å²) in [5.41, 5.74) is 0. The fourth-order valence-corrected chi connectivity index (χ4v) is 15.0. The van der Waals surface area contributed by atoms with Gasteiger partial charge in [-0.05, 0) is 0 Å². The zero-order valence-electron chi connectivity index (χ0n) is 34.8. The number of benzene rings is 1. The predicted molar refractivity (Wildman–Crippen MR) is 236 cm³/mol. The molecule has 3 aromatic rings. The number of rotatable bonds is 31. The first-order valence-corrected chi connectivity index (χ1v) is 33.6. The molecule has 292 valence electrons. The van der Waals surface area contributed by atoms with Crippen LogP contribution in [0.2, 0.25) is 14.8 Å². The topological polar surface area (TPSA) is 18.5 Å². The summed E-state index contributed by atoms with van der Waals surface area (Å²) in [5.74, 6) is 3.61. The third-order valence-electron chi connectivity index (χ3n) is 11.0. The molecule has 0 saturated heterocycles. The van der Waals surface area contributed by atoms with Gasteiger partial charge in [0.1, 0.15) is 0 Å². The van der Waals surface area contributed by atoms with E-state index in [0.29, 0.717) is 11.8 Å². The molecule has 0 fully saturated rings. The molecule has 0 radical (unpaired) electrons. The molecule has 1 aromatic carbocycles. The molecule has 2 atom stereocenters. The van der Waals surface area contributed by atoms with Gasteiger partial charge in [-0.25, -0.2) is 0 Å². The fraction of sp³-hybridized carbons (Fsp3) is 0.783. The number of hydrogen-bond acceptors (Lipinski definition) is 4. The van der Waals surface area contributed by atoms with Crippen molar-refractivity contribution in [3.8, 4) is 11.5 Å². The Balaban J connectivity index is 1.88. The van der Waals surface area contributed by atoms with Crippen LogP contribution in [0.15, 0.2) is 12.1 Å². The molecule has 0 spiro atoms. The normalized spacial score (nSPS) is 13.4. The number of hydrogen-bond donors (Lipinski definition) is 0. The second-order valence-corrected chi connectivity index (χ2v) is 34.8. The molecule has 2 heterocycles. The van der Waals surface area contributed by atoms with Crippen molar-refractivity contribution in [1.29, 1.82) is 0 Å². The van der Waals surface area contributed by atoms with Crippen molar-refractivity contribution in [3.63, 3.8) is 0 Å². The van der Waals surface area contributed by atoms with E-state index in [9.17, 15) is 0 Å². The van der Waals surface area contributed by atoms with Gasteiger partial charge in [0.2, 0.25) is 0 Å². The van der Waals surface area contributed by atoms with E-state index in [0.717, 1.165) is 24.7 Å². The van der Waals surface area contributed by atoms with Gasteiger partial charge < -0.3 is 0 Å². The Morgan fingerprint density at radius 2 is 0.843 bits per heavy atom. The van der Waals surface area contributed by atoms with Crippen LogP contribution in [0.1, 0.15) is 187 Å². The second kappa shape index (κ2) is 25.6. The summed E-state index contributed by atoms with van der Waals surface area (Å²) in [6.45, 7) is 13.3. The monoisotopic (exact) mass is 848 g/mol. The molecular formula is C46H80O2S2Sn. The van der Waals surface area contributed by atoms with E-state index < -0.39 is 18.4 Å². The molecule has 0 aliphatic rings. The molecule has 3 rings (SSSR count). The number of ether oxygens (including phenoxy) is 2. The van der Waals surface area contributed by atoms with Crippen molar-refractivity contribution in [1.82, 2.24) is 0 Å². The van der Waals surface area contributed by atoms with Gasteiger partial charge in [0, 0.05) is 0 Å². The van der Waals surface area contributed by atoms with E-state index >= 15 is 0 Å². The molecule has 0 aliphatic carbocycles. The number of unbranched alkanes of at least 4 members (excludes halogenated alkanes) is 16. The van der Waals surface area contributed by atoms with E-state index in [-0.39, 0.29) is 0 Å². The van der Waals surface area contributed by atoms with E-state index in [2.05, 4.69) is 61.6 Å². The number of fused-ring (bicyclic) bond motifs is 2. The molecule has 2 unspecified atom stereocenters. The van der Waals surface area contributed by atoms with Crippen LogP contribution in [0.5, 0.6) is 11.5 Å². The van der Waals surface area contributed by atoms with E-state index in [1.165, 1.54) is 179 Å². The van der Waals surface area contributed by atoms with Crippen LogP contribution in [-0.4, -0.2) is 31.6 Å². The molecule has 0 amide bonds. The standard InChI is InChI=1S/C43H71O2S2.3CH3.Sn/c1-6-10-14-18-20-24-28-36(26-22-16-12-8-3)33-44-40-38-30-31-46-42(38)41(39-32-35(5)47-43(39)40)45-34-37(27-23-17-13-9-4)29-25-21-19-15-11-7-2;;;;/h30,32,36-37H,6-29,33-34H2,1-5H3;3*1H3;. The van der Waals surface area contributed by atoms with Crippen LogP contribution in [0.4, 0.5) is 0 Å². The Morgan fingerprint density at radius 1 is 0.490 bits per heavy atom. The average Bonchev–Trinajstić information content (AvgIpc) is 3.73. The summed E-state index contributed by atoms with van der Waals surface area (Å²) in [5, 5.41) is 2.64. The van der Waals surface area contributed by atoms with Gasteiger partial charge in [0.15, 0.2) is 0 Å². The Labute approximate surface area is 328 Å². The number of thiophene rings is 2. The molecule has 0 bridgehead atoms. The Morgan fingerprint density at radius 3 is 1.25 bits per heavy atom. The van der Waals surface area contributed by atoms with Gasteiger partial charge >= 0.3 is 277 Å². The fourth-order valence-electron chi connectivity index (χ4n) is 7.65.